The summed E-state index contributed by atoms with van der Waals surface area (Å²) in [5.41, 5.74) is 6.43. The summed E-state index contributed by atoms with van der Waals surface area (Å²) in [6.45, 7) is 3.80. The molecule has 1 saturated carbocycles. The lowest BCUT2D eigenvalue weighted by Crippen LogP contribution is -2.48. The molecule has 6 heteroatoms. The largest absolute Gasteiger partial charge is 0.368 e. The summed E-state index contributed by atoms with van der Waals surface area (Å²) in [5.74, 6) is -0.777. The molecule has 0 saturated heterocycles. The standard InChI is InChI=1S/C17H23N3O3/c1-3-10(2)14(15(18)21)20-17(23)12-6-8-13(9-7-12)19-16(22)11-4-5-11/h6-11,14H,3-5H2,1-2H3,(H2,18,21)(H,19,22)(H,20,23). The van der Waals surface area contributed by atoms with Crippen LogP contribution in [-0.4, -0.2) is 23.8 Å². The van der Waals surface area contributed by atoms with Crippen LogP contribution in [0.15, 0.2) is 24.3 Å². The van der Waals surface area contributed by atoms with Crippen LogP contribution >= 0.6 is 0 Å². The summed E-state index contributed by atoms with van der Waals surface area (Å²) < 4.78 is 0. The van der Waals surface area contributed by atoms with Gasteiger partial charge in [-0.15, -0.1) is 0 Å². The van der Waals surface area contributed by atoms with Gasteiger partial charge >= 0.3 is 0 Å². The minimum absolute atomic E-state index is 0.0211. The van der Waals surface area contributed by atoms with Crippen molar-refractivity contribution in [3.05, 3.63) is 29.8 Å². The van der Waals surface area contributed by atoms with E-state index in [0.717, 1.165) is 19.3 Å². The number of rotatable bonds is 7. The van der Waals surface area contributed by atoms with E-state index < -0.39 is 11.9 Å². The van der Waals surface area contributed by atoms with Crippen LogP contribution in [-0.2, 0) is 9.59 Å². The van der Waals surface area contributed by atoms with Crippen molar-refractivity contribution in [2.45, 2.75) is 39.2 Å². The van der Waals surface area contributed by atoms with E-state index in [9.17, 15) is 14.4 Å². The van der Waals surface area contributed by atoms with E-state index in [1.165, 1.54) is 0 Å². The van der Waals surface area contributed by atoms with E-state index in [-0.39, 0.29) is 23.7 Å². The van der Waals surface area contributed by atoms with Gasteiger partial charge in [-0.3, -0.25) is 14.4 Å². The molecule has 0 heterocycles. The second-order valence-corrected chi connectivity index (χ2v) is 6.08. The predicted octanol–water partition coefficient (Wildman–Crippen LogP) is 1.66. The minimum Gasteiger partial charge on any atom is -0.368 e. The molecule has 2 unspecified atom stereocenters. The summed E-state index contributed by atoms with van der Waals surface area (Å²) in [4.78, 5) is 35.4. The molecule has 1 fully saturated rings. The summed E-state index contributed by atoms with van der Waals surface area (Å²) in [5, 5.41) is 5.48. The highest BCUT2D eigenvalue weighted by Crippen LogP contribution is 2.30. The molecule has 124 valence electrons. The predicted molar refractivity (Wildman–Crippen MR) is 87.7 cm³/mol. The molecule has 1 aliphatic rings. The fourth-order valence-electron chi connectivity index (χ4n) is 2.25. The third-order valence-electron chi connectivity index (χ3n) is 4.17. The van der Waals surface area contributed by atoms with E-state index in [2.05, 4.69) is 10.6 Å². The molecule has 1 aromatic rings. The molecule has 2 atom stereocenters. The Morgan fingerprint density at radius 1 is 1.22 bits per heavy atom. The number of nitrogens with one attached hydrogen (secondary N) is 2. The molecule has 0 spiro atoms. The van der Waals surface area contributed by atoms with Crippen LogP contribution in [0.5, 0.6) is 0 Å². The normalized spacial score (nSPS) is 16.3. The van der Waals surface area contributed by atoms with E-state index in [1.54, 1.807) is 24.3 Å². The van der Waals surface area contributed by atoms with Crippen molar-refractivity contribution >= 4 is 23.4 Å². The van der Waals surface area contributed by atoms with Gasteiger partial charge in [0.1, 0.15) is 6.04 Å². The molecule has 4 N–H and O–H groups in total. The Hall–Kier alpha value is -2.37. The first kappa shape index (κ1) is 17.0. The first-order valence-electron chi connectivity index (χ1n) is 7.93. The Morgan fingerprint density at radius 2 is 1.83 bits per heavy atom. The number of amides is 3. The summed E-state index contributed by atoms with van der Waals surface area (Å²) >= 11 is 0. The third kappa shape index (κ3) is 4.55. The highest BCUT2D eigenvalue weighted by Gasteiger charge is 2.29. The molecule has 1 aromatic carbocycles. The number of carbonyl (C=O) groups excluding carboxylic acids is 3. The number of anilines is 1. The lowest BCUT2D eigenvalue weighted by molar-refractivity contribution is -0.121. The number of primary amides is 1. The molecule has 0 bridgehead atoms. The molecule has 0 radical (unpaired) electrons. The number of carbonyl (C=O) groups is 3. The maximum Gasteiger partial charge on any atom is 0.251 e. The molecule has 0 aliphatic heterocycles. The van der Waals surface area contributed by atoms with Crippen molar-refractivity contribution < 1.29 is 14.4 Å². The third-order valence-corrected chi connectivity index (χ3v) is 4.17. The smallest absolute Gasteiger partial charge is 0.251 e. The molecule has 2 rings (SSSR count). The summed E-state index contributed by atoms with van der Waals surface area (Å²) in [6.07, 6.45) is 2.62. The zero-order valence-corrected chi connectivity index (χ0v) is 13.5. The van der Waals surface area contributed by atoms with Crippen LogP contribution in [0.3, 0.4) is 0 Å². The maximum atomic E-state index is 12.2. The van der Waals surface area contributed by atoms with E-state index in [0.29, 0.717) is 11.3 Å². The number of nitrogens with two attached hydrogens (primary N) is 1. The van der Waals surface area contributed by atoms with Crippen LogP contribution in [0.2, 0.25) is 0 Å². The number of hydrogen-bond acceptors (Lipinski definition) is 3. The van der Waals surface area contributed by atoms with Crippen LogP contribution in [0.4, 0.5) is 5.69 Å². The first-order chi connectivity index (χ1) is 10.9. The highest BCUT2D eigenvalue weighted by atomic mass is 16.2. The van der Waals surface area contributed by atoms with Gasteiger partial charge in [0.15, 0.2) is 0 Å². The lowest BCUT2D eigenvalue weighted by atomic mass is 9.98. The average Bonchev–Trinajstić information content (AvgIpc) is 3.37. The van der Waals surface area contributed by atoms with Gasteiger partial charge in [-0.05, 0) is 43.0 Å². The topological polar surface area (TPSA) is 101 Å². The quantitative estimate of drug-likeness (QED) is 0.713. The Bertz CT molecular complexity index is 594. The van der Waals surface area contributed by atoms with Gasteiger partial charge < -0.3 is 16.4 Å². The van der Waals surface area contributed by atoms with E-state index >= 15 is 0 Å². The van der Waals surface area contributed by atoms with E-state index in [1.807, 2.05) is 13.8 Å². The van der Waals surface area contributed by atoms with E-state index in [4.69, 9.17) is 5.73 Å². The minimum atomic E-state index is -0.693. The Morgan fingerprint density at radius 3 is 2.30 bits per heavy atom. The Balaban J connectivity index is 1.98. The van der Waals surface area contributed by atoms with Gasteiger partial charge in [0.05, 0.1) is 0 Å². The fourth-order valence-corrected chi connectivity index (χ4v) is 2.25. The molecular formula is C17H23N3O3. The Labute approximate surface area is 135 Å². The molecule has 3 amide bonds. The SMILES string of the molecule is CCC(C)C(NC(=O)c1ccc(NC(=O)C2CC2)cc1)C(N)=O. The van der Waals surface area contributed by atoms with Crippen molar-refractivity contribution in [3.8, 4) is 0 Å². The fraction of sp³-hybridized carbons (Fsp3) is 0.471. The van der Waals surface area contributed by atoms with Gasteiger partial charge in [-0.1, -0.05) is 20.3 Å². The summed E-state index contributed by atoms with van der Waals surface area (Å²) in [6, 6.07) is 5.90. The summed E-state index contributed by atoms with van der Waals surface area (Å²) in [7, 11) is 0. The van der Waals surface area contributed by atoms with Crippen LogP contribution in [0.1, 0.15) is 43.5 Å². The highest BCUT2D eigenvalue weighted by molar-refractivity contribution is 5.98. The van der Waals surface area contributed by atoms with Crippen molar-refractivity contribution in [2.75, 3.05) is 5.32 Å². The maximum absolute atomic E-state index is 12.2. The van der Waals surface area contributed by atoms with Gasteiger partial charge in [0.25, 0.3) is 5.91 Å². The molecule has 23 heavy (non-hydrogen) atoms. The van der Waals surface area contributed by atoms with Crippen molar-refractivity contribution in [2.24, 2.45) is 17.6 Å². The molecule has 1 aliphatic carbocycles. The Kier molecular flexibility index (Phi) is 5.36. The molecule has 0 aromatic heterocycles. The van der Waals surface area contributed by atoms with Gasteiger partial charge in [0.2, 0.25) is 11.8 Å². The number of hydrogen-bond donors (Lipinski definition) is 3. The van der Waals surface area contributed by atoms with Gasteiger partial charge in [-0.25, -0.2) is 0 Å². The van der Waals surface area contributed by atoms with Crippen LogP contribution < -0.4 is 16.4 Å². The lowest BCUT2D eigenvalue weighted by Gasteiger charge is -2.21. The zero-order valence-electron chi connectivity index (χ0n) is 13.5. The second-order valence-electron chi connectivity index (χ2n) is 6.08. The zero-order chi connectivity index (χ0) is 17.0. The molecular weight excluding hydrogens is 294 g/mol. The van der Waals surface area contributed by atoms with Gasteiger partial charge in [-0.2, -0.15) is 0 Å². The van der Waals surface area contributed by atoms with Crippen molar-refractivity contribution in [1.82, 2.24) is 5.32 Å². The second kappa shape index (κ2) is 7.26. The monoisotopic (exact) mass is 317 g/mol. The average molecular weight is 317 g/mol. The van der Waals surface area contributed by atoms with Crippen molar-refractivity contribution in [3.63, 3.8) is 0 Å². The number of benzene rings is 1. The molecule has 6 nitrogen and oxygen atoms in total. The van der Waals surface area contributed by atoms with Crippen LogP contribution in [0, 0.1) is 11.8 Å². The first-order valence-corrected chi connectivity index (χ1v) is 7.93. The van der Waals surface area contributed by atoms with Crippen molar-refractivity contribution in [1.29, 1.82) is 0 Å². The van der Waals surface area contributed by atoms with Crippen LogP contribution in [0.25, 0.3) is 0 Å². The van der Waals surface area contributed by atoms with Gasteiger partial charge in [0, 0.05) is 17.2 Å².